The van der Waals surface area contributed by atoms with Crippen molar-refractivity contribution in [3.05, 3.63) is 129 Å². The minimum atomic E-state index is -0.907. The number of hydrogen-bond donors (Lipinski definition) is 2. The van der Waals surface area contributed by atoms with Crippen LogP contribution in [0.3, 0.4) is 0 Å². The van der Waals surface area contributed by atoms with E-state index >= 15 is 0 Å². The second kappa shape index (κ2) is 9.90. The first-order valence-corrected chi connectivity index (χ1v) is 12.3. The van der Waals surface area contributed by atoms with E-state index in [1.807, 2.05) is 89.7 Å². The molecule has 0 aliphatic carbocycles. The lowest BCUT2D eigenvalue weighted by Crippen LogP contribution is -2.30. The van der Waals surface area contributed by atoms with Crippen LogP contribution in [0.1, 0.15) is 17.0 Å². The molecule has 2 heterocycles. The zero-order valence-corrected chi connectivity index (χ0v) is 20.6. The van der Waals surface area contributed by atoms with Gasteiger partial charge in [-0.2, -0.15) is 15.5 Å². The Kier molecular flexibility index (Phi) is 6.34. The van der Waals surface area contributed by atoms with Crippen molar-refractivity contribution in [3.8, 4) is 29.1 Å². The summed E-state index contributed by atoms with van der Waals surface area (Å²) in [5, 5.41) is 49.4. The molecule has 8 heteroatoms. The van der Waals surface area contributed by atoms with Crippen molar-refractivity contribution in [2.75, 3.05) is 0 Å². The number of nitrogens with zero attached hydrogens (tertiary/aromatic N) is 5. The van der Waals surface area contributed by atoms with E-state index in [1.54, 1.807) is 24.3 Å². The predicted molar refractivity (Wildman–Crippen MR) is 141 cm³/mol. The number of thiazole rings is 1. The maximum absolute atomic E-state index is 11.1. The number of hydrogen-bond acceptors (Lipinski definition) is 7. The third-order valence-corrected chi connectivity index (χ3v) is 6.91. The van der Waals surface area contributed by atoms with Crippen molar-refractivity contribution in [2.45, 2.75) is 12.8 Å². The third kappa shape index (κ3) is 4.27. The molecule has 0 atom stereocenters. The van der Waals surface area contributed by atoms with Crippen molar-refractivity contribution >= 4 is 11.3 Å². The third-order valence-electron chi connectivity index (χ3n) is 6.09. The van der Waals surface area contributed by atoms with E-state index in [2.05, 4.69) is 5.10 Å². The van der Waals surface area contributed by atoms with Gasteiger partial charge in [-0.1, -0.05) is 78.4 Å². The molecule has 4 aromatic rings. The van der Waals surface area contributed by atoms with Crippen LogP contribution in [0.2, 0.25) is 0 Å². The second-order valence-corrected chi connectivity index (χ2v) is 9.23. The van der Waals surface area contributed by atoms with E-state index in [0.717, 1.165) is 27.5 Å². The molecule has 0 unspecified atom stereocenters. The lowest BCUT2D eigenvalue weighted by Gasteiger charge is -2.28. The Labute approximate surface area is 217 Å². The normalized spacial score (nSPS) is 14.6. The number of rotatable bonds is 4. The molecule has 0 amide bonds. The van der Waals surface area contributed by atoms with Gasteiger partial charge in [0.15, 0.2) is 0 Å². The number of benzene rings is 3. The summed E-state index contributed by atoms with van der Waals surface area (Å²) < 4.78 is 1.90. The van der Waals surface area contributed by atoms with Crippen molar-refractivity contribution in [2.24, 2.45) is 5.10 Å². The summed E-state index contributed by atoms with van der Waals surface area (Å²) in [5.74, 6) is -1.97. The van der Waals surface area contributed by atoms with Crippen molar-refractivity contribution in [1.82, 2.24) is 9.58 Å². The Hall–Kier alpha value is -5.05. The van der Waals surface area contributed by atoms with Crippen LogP contribution in [0.5, 0.6) is 0 Å². The summed E-state index contributed by atoms with van der Waals surface area (Å²) in [6.45, 7) is 2.02. The van der Waals surface area contributed by atoms with Crippen LogP contribution in [0.15, 0.2) is 118 Å². The molecule has 0 saturated carbocycles. The van der Waals surface area contributed by atoms with Crippen LogP contribution in [0.25, 0.3) is 16.9 Å². The molecular weight excluding hydrogens is 482 g/mol. The number of aliphatic hydroxyl groups excluding tert-OH is 2. The van der Waals surface area contributed by atoms with Crippen LogP contribution in [0, 0.1) is 29.6 Å². The predicted octanol–water partition coefficient (Wildman–Crippen LogP) is 6.02. The maximum Gasteiger partial charge on any atom is 0.230 e. The smallest absolute Gasteiger partial charge is 0.230 e. The van der Waals surface area contributed by atoms with Crippen LogP contribution in [0.4, 0.5) is 0 Å². The molecule has 2 N–H and O–H groups in total. The van der Waals surface area contributed by atoms with Crippen LogP contribution < -0.4 is 4.80 Å². The zero-order chi connectivity index (χ0) is 25.9. The van der Waals surface area contributed by atoms with Crippen molar-refractivity contribution in [1.29, 1.82) is 10.5 Å². The van der Waals surface area contributed by atoms with Gasteiger partial charge < -0.3 is 10.2 Å². The molecule has 0 fully saturated rings. The van der Waals surface area contributed by atoms with Gasteiger partial charge in [0.05, 0.1) is 11.6 Å². The van der Waals surface area contributed by atoms with Gasteiger partial charge in [0.25, 0.3) is 0 Å². The summed E-state index contributed by atoms with van der Waals surface area (Å²) in [6, 6.07) is 30.5. The summed E-state index contributed by atoms with van der Waals surface area (Å²) in [4.78, 5) is 0.424. The van der Waals surface area contributed by atoms with Gasteiger partial charge in [0, 0.05) is 11.1 Å². The minimum absolute atomic E-state index is 0.0779. The average Bonchev–Trinajstić information content (AvgIpc) is 3.35. The number of nitriles is 2. The molecule has 7 nitrogen and oxygen atoms in total. The molecule has 37 heavy (non-hydrogen) atoms. The molecule has 0 bridgehead atoms. The van der Waals surface area contributed by atoms with E-state index in [9.17, 15) is 20.7 Å². The summed E-state index contributed by atoms with van der Waals surface area (Å²) in [7, 11) is 0. The Balaban J connectivity index is 1.73. The highest BCUT2D eigenvalue weighted by Crippen LogP contribution is 2.40. The molecule has 180 valence electrons. The number of para-hydroxylation sites is 1. The van der Waals surface area contributed by atoms with Gasteiger partial charge in [-0.3, -0.25) is 4.57 Å². The molecule has 3 aromatic carbocycles. The first-order valence-electron chi connectivity index (χ1n) is 11.4. The number of allylic oxidation sites excluding steroid dienone is 2. The van der Waals surface area contributed by atoms with E-state index in [4.69, 9.17) is 0 Å². The summed E-state index contributed by atoms with van der Waals surface area (Å²) in [6.07, 6.45) is 0. The minimum Gasteiger partial charge on any atom is -0.492 e. The molecule has 0 spiro atoms. The summed E-state index contributed by atoms with van der Waals surface area (Å²) >= 11 is 1.30. The molecular formula is C29H21N5O2S. The highest BCUT2D eigenvalue weighted by atomic mass is 32.1. The Morgan fingerprint density at radius 2 is 1.38 bits per heavy atom. The Morgan fingerprint density at radius 3 is 1.95 bits per heavy atom. The SMILES string of the molecule is Cc1ccc(-c2cs/c(=N/N3C(O)=C(C#N)C(c4ccccc4)C(C#N)=C3O)n2-c2ccccc2)cc1. The van der Waals surface area contributed by atoms with Gasteiger partial charge >= 0.3 is 0 Å². The van der Waals surface area contributed by atoms with E-state index in [0.29, 0.717) is 10.4 Å². The largest absolute Gasteiger partial charge is 0.492 e. The van der Waals surface area contributed by atoms with E-state index in [-0.39, 0.29) is 11.1 Å². The molecule has 1 aromatic heterocycles. The highest BCUT2D eigenvalue weighted by Gasteiger charge is 2.37. The lowest BCUT2D eigenvalue weighted by molar-refractivity contribution is 0.148. The highest BCUT2D eigenvalue weighted by molar-refractivity contribution is 7.07. The second-order valence-electron chi connectivity index (χ2n) is 8.39. The average molecular weight is 504 g/mol. The summed E-state index contributed by atoms with van der Waals surface area (Å²) in [5.41, 5.74) is 4.23. The maximum atomic E-state index is 11.1. The van der Waals surface area contributed by atoms with E-state index < -0.39 is 17.7 Å². The molecule has 5 rings (SSSR count). The first kappa shape index (κ1) is 23.7. The quantitative estimate of drug-likeness (QED) is 0.354. The number of aryl methyl sites for hydroxylation is 1. The number of aromatic nitrogens is 1. The monoisotopic (exact) mass is 503 g/mol. The van der Waals surface area contributed by atoms with E-state index in [1.165, 1.54) is 11.3 Å². The van der Waals surface area contributed by atoms with Gasteiger partial charge in [0.1, 0.15) is 23.3 Å². The van der Waals surface area contributed by atoms with Gasteiger partial charge in [0.2, 0.25) is 16.6 Å². The zero-order valence-electron chi connectivity index (χ0n) is 19.8. The molecule has 1 aliphatic heterocycles. The van der Waals surface area contributed by atoms with Gasteiger partial charge in [-0.05, 0) is 30.2 Å². The lowest BCUT2D eigenvalue weighted by atomic mass is 9.84. The first-order chi connectivity index (χ1) is 18.0. The van der Waals surface area contributed by atoms with Crippen LogP contribution in [-0.4, -0.2) is 19.8 Å². The Bertz CT molecular complexity index is 1630. The fourth-order valence-electron chi connectivity index (χ4n) is 4.25. The van der Waals surface area contributed by atoms with Crippen LogP contribution in [-0.2, 0) is 0 Å². The Morgan fingerprint density at radius 1 is 0.811 bits per heavy atom. The molecule has 0 radical (unpaired) electrons. The fourth-order valence-corrected chi connectivity index (χ4v) is 5.15. The number of aliphatic hydroxyl groups is 2. The van der Waals surface area contributed by atoms with Crippen molar-refractivity contribution < 1.29 is 10.2 Å². The topological polar surface area (TPSA) is 109 Å². The molecule has 0 saturated heterocycles. The standard InChI is InChI=1S/C29H21N5O2S/c1-19-12-14-20(15-13-19)25-18-37-29(33(25)22-10-6-3-7-11-22)32-34-27(35)23(16-30)26(24(17-31)28(34)36)21-8-4-2-5-9-21/h2-15,18,26,35-36H,1H3/b32-29+. The molecule has 1 aliphatic rings. The van der Waals surface area contributed by atoms with Crippen LogP contribution >= 0.6 is 11.3 Å². The fraction of sp³-hybridized carbons (Fsp3) is 0.0690. The van der Waals surface area contributed by atoms with Gasteiger partial charge in [-0.15, -0.1) is 16.4 Å². The van der Waals surface area contributed by atoms with Crippen molar-refractivity contribution in [3.63, 3.8) is 0 Å². The van der Waals surface area contributed by atoms with Gasteiger partial charge in [-0.25, -0.2) is 0 Å².